The van der Waals surface area contributed by atoms with Crippen LogP contribution in [0.1, 0.15) is 75.8 Å². The van der Waals surface area contributed by atoms with Crippen molar-refractivity contribution < 1.29 is 20.4 Å². The Morgan fingerprint density at radius 2 is 1.15 bits per heavy atom. The van der Waals surface area contributed by atoms with Crippen LogP contribution in [-0.2, 0) is 20.4 Å². The summed E-state index contributed by atoms with van der Waals surface area (Å²) in [5.74, 6) is 0. The molecule has 0 bridgehead atoms. The summed E-state index contributed by atoms with van der Waals surface area (Å²) in [6.07, 6.45) is 2.75. The number of hydrogen-bond donors (Lipinski definition) is 0. The molecule has 0 nitrogen and oxygen atoms in total. The van der Waals surface area contributed by atoms with Crippen LogP contribution in [0.25, 0.3) is 5.57 Å². The van der Waals surface area contributed by atoms with Gasteiger partial charge in [-0.15, -0.1) is 0 Å². The van der Waals surface area contributed by atoms with Crippen LogP contribution in [0.4, 0.5) is 0 Å². The summed E-state index contributed by atoms with van der Waals surface area (Å²) in [7, 11) is 0. The Hall–Kier alpha value is -1.24. The second kappa shape index (κ2) is 9.09. The molecule has 2 heteroatoms. The molecule has 0 aromatic heterocycles. The molecule has 1 atom stereocenters. The molecule has 1 unspecified atom stereocenters. The van der Waals surface area contributed by atoms with Gasteiger partial charge in [-0.3, -0.25) is 0 Å². The average Bonchev–Trinajstić information content (AvgIpc) is 3.24. The van der Waals surface area contributed by atoms with Crippen LogP contribution in [0.3, 0.4) is 0 Å². The zero-order valence-electron chi connectivity index (χ0n) is 22.5. The van der Waals surface area contributed by atoms with E-state index in [4.69, 9.17) is 0 Å². The van der Waals surface area contributed by atoms with Gasteiger partial charge in [0.1, 0.15) is 0 Å². The van der Waals surface area contributed by atoms with Crippen molar-refractivity contribution in [3.8, 4) is 0 Å². The van der Waals surface area contributed by atoms with Crippen LogP contribution in [0, 0.1) is 34.6 Å². The summed E-state index contributed by atoms with van der Waals surface area (Å²) in [6.45, 7) is 26.5. The van der Waals surface area contributed by atoms with E-state index in [1.165, 1.54) is 44.5 Å². The molecule has 0 saturated heterocycles. The summed E-state index contributed by atoms with van der Waals surface area (Å²) in [5.41, 5.74) is 19.7. The van der Waals surface area contributed by atoms with Crippen molar-refractivity contribution in [1.82, 2.24) is 0 Å². The van der Waals surface area contributed by atoms with Crippen LogP contribution >= 0.6 is 0 Å². The minimum atomic E-state index is -1.92. The third-order valence-electron chi connectivity index (χ3n) is 9.02. The molecule has 0 N–H and O–H groups in total. The van der Waals surface area contributed by atoms with Gasteiger partial charge in [0.25, 0.3) is 0 Å². The summed E-state index contributed by atoms with van der Waals surface area (Å²) in [4.78, 5) is 0. The molecule has 0 aliphatic heterocycles. The fourth-order valence-corrected chi connectivity index (χ4v) is 26.9. The van der Waals surface area contributed by atoms with Gasteiger partial charge < -0.3 is 0 Å². The Balaban J connectivity index is 1.99. The van der Waals surface area contributed by atoms with Gasteiger partial charge in [0.05, 0.1) is 0 Å². The Morgan fingerprint density at radius 3 is 1.67 bits per heavy atom. The van der Waals surface area contributed by atoms with Gasteiger partial charge in [-0.05, 0) is 0 Å². The molecule has 2 aromatic carbocycles. The first-order valence-corrected chi connectivity index (χ1v) is 21.4. The number of allylic oxidation sites excluding steroid dienone is 5. The molecule has 0 saturated carbocycles. The van der Waals surface area contributed by atoms with Crippen molar-refractivity contribution in [3.05, 3.63) is 97.1 Å². The standard InChI is InChI=1S/C20H21.C9H13.C2H6Si.Zr/c1-12-13(2)15(4)20(16(5)14(12)3)19-11-10-17-8-6-7-9-18(17)19;1-6-5-7(2)9(4)8(6)3;1-3-2;/h6-11H,1-5H3;5H,1-4H3;1-2H3;. The van der Waals surface area contributed by atoms with E-state index >= 15 is 0 Å². The first-order chi connectivity index (χ1) is 15.5. The van der Waals surface area contributed by atoms with Crippen molar-refractivity contribution in [1.29, 1.82) is 0 Å². The molecule has 172 valence electrons. The summed E-state index contributed by atoms with van der Waals surface area (Å²) < 4.78 is 1.45. The molecular formula is C31H40SiZr. The topological polar surface area (TPSA) is 0 Å². The summed E-state index contributed by atoms with van der Waals surface area (Å²) in [5, 5.41) is 0. The Kier molecular flexibility index (Phi) is 6.85. The maximum atomic E-state index is 2.75. The van der Waals surface area contributed by atoms with E-state index in [0.29, 0.717) is 3.63 Å². The first kappa shape index (κ1) is 24.9. The van der Waals surface area contributed by atoms with E-state index in [0.717, 1.165) is 3.63 Å². The second-order valence-corrected chi connectivity index (χ2v) is 28.6. The molecule has 2 aromatic rings. The number of rotatable bonds is 3. The van der Waals surface area contributed by atoms with Crippen molar-refractivity contribution in [2.24, 2.45) is 0 Å². The molecule has 33 heavy (non-hydrogen) atoms. The molecule has 0 radical (unpaired) electrons. The van der Waals surface area contributed by atoms with Gasteiger partial charge in [-0.25, -0.2) is 0 Å². The Labute approximate surface area is 210 Å². The number of benzene rings is 2. The van der Waals surface area contributed by atoms with Gasteiger partial charge in [0.2, 0.25) is 0 Å². The van der Waals surface area contributed by atoms with E-state index in [2.05, 4.69) is 106 Å². The van der Waals surface area contributed by atoms with E-state index in [9.17, 15) is 0 Å². The van der Waals surface area contributed by atoms with Gasteiger partial charge in [-0.1, -0.05) is 0 Å². The predicted octanol–water partition coefficient (Wildman–Crippen LogP) is 9.06. The molecule has 4 rings (SSSR count). The SMILES string of the molecule is CC1=C(C)[CH]([Zr]([CH]2C=C(c3c(C)c(C)c(C)c(C)c3C)c3ccccc32)=[Si](C)C)C(C)=C1C. The Bertz CT molecular complexity index is 1260. The average molecular weight is 532 g/mol. The van der Waals surface area contributed by atoms with E-state index < -0.39 is 20.4 Å². The van der Waals surface area contributed by atoms with Gasteiger partial charge in [-0.2, -0.15) is 0 Å². The monoisotopic (exact) mass is 530 g/mol. The van der Waals surface area contributed by atoms with Crippen molar-refractivity contribution in [2.75, 3.05) is 0 Å². The van der Waals surface area contributed by atoms with Crippen molar-refractivity contribution in [3.63, 3.8) is 0 Å². The fraction of sp³-hybridized carbons (Fsp3) is 0.419. The van der Waals surface area contributed by atoms with Crippen LogP contribution < -0.4 is 0 Å². The van der Waals surface area contributed by atoms with Crippen LogP contribution in [0.2, 0.25) is 16.7 Å². The molecule has 0 fully saturated rings. The van der Waals surface area contributed by atoms with Gasteiger partial charge in [0, 0.05) is 0 Å². The van der Waals surface area contributed by atoms with E-state index in [-0.39, 0.29) is 5.43 Å². The van der Waals surface area contributed by atoms with Gasteiger partial charge in [0.15, 0.2) is 0 Å². The minimum absolute atomic E-state index is 0.355. The normalized spacial score (nSPS) is 18.3. The van der Waals surface area contributed by atoms with Crippen molar-refractivity contribution >= 4 is 11.0 Å². The van der Waals surface area contributed by atoms with Gasteiger partial charge >= 0.3 is 211 Å². The molecule has 0 spiro atoms. The van der Waals surface area contributed by atoms with E-state index in [1.807, 2.05) is 0 Å². The first-order valence-electron chi connectivity index (χ1n) is 12.4. The molecular weight excluding hydrogens is 492 g/mol. The Morgan fingerprint density at radius 1 is 0.667 bits per heavy atom. The van der Waals surface area contributed by atoms with Crippen molar-refractivity contribution in [2.45, 2.75) is 82.7 Å². The second-order valence-electron chi connectivity index (χ2n) is 10.6. The molecule has 2 aliphatic carbocycles. The quantitative estimate of drug-likeness (QED) is 0.346. The number of fused-ring (bicyclic) bond motifs is 1. The molecule has 2 aliphatic rings. The third-order valence-corrected chi connectivity index (χ3v) is 28.7. The maximum absolute atomic E-state index is 2.75. The van der Waals surface area contributed by atoms with Crippen LogP contribution in [-0.4, -0.2) is 5.43 Å². The zero-order chi connectivity index (χ0) is 24.4. The third kappa shape index (κ3) is 3.81. The summed E-state index contributed by atoms with van der Waals surface area (Å²) >= 11 is -1.92. The number of hydrogen-bond acceptors (Lipinski definition) is 0. The predicted molar refractivity (Wildman–Crippen MR) is 144 cm³/mol. The van der Waals surface area contributed by atoms with Crippen LogP contribution in [0.5, 0.6) is 0 Å². The molecule has 0 heterocycles. The fourth-order valence-electron chi connectivity index (χ4n) is 6.33. The van der Waals surface area contributed by atoms with E-state index in [1.54, 1.807) is 27.9 Å². The molecule has 0 amide bonds. The zero-order valence-corrected chi connectivity index (χ0v) is 26.0. The summed E-state index contributed by atoms with van der Waals surface area (Å²) in [6, 6.07) is 9.39. The van der Waals surface area contributed by atoms with Crippen LogP contribution in [0.15, 0.2) is 52.6 Å².